The molecule has 1 N–H and O–H groups in total. The van der Waals surface area contributed by atoms with Gasteiger partial charge in [0.05, 0.1) is 17.9 Å². The van der Waals surface area contributed by atoms with Crippen molar-refractivity contribution in [3.8, 4) is 5.69 Å². The highest BCUT2D eigenvalue weighted by Crippen LogP contribution is 2.28. The number of amides is 2. The maximum Gasteiger partial charge on any atom is 0.338 e. The van der Waals surface area contributed by atoms with Crippen LogP contribution >= 0.6 is 12.2 Å². The number of carbonyl (C=O) groups is 3. The molecule has 0 bridgehead atoms. The molecule has 8 heteroatoms. The van der Waals surface area contributed by atoms with E-state index in [2.05, 4.69) is 5.32 Å². The maximum atomic E-state index is 13.5. The molecule has 3 aromatic rings. The van der Waals surface area contributed by atoms with E-state index in [1.54, 1.807) is 31.2 Å². The molecular weight excluding hydrogens is 474 g/mol. The Balaban J connectivity index is 1.75. The normalized spacial score (nSPS) is 14.9. The highest BCUT2D eigenvalue weighted by Gasteiger charge is 2.35. The summed E-state index contributed by atoms with van der Waals surface area (Å²) < 4.78 is 7.09. The molecule has 0 saturated carbocycles. The van der Waals surface area contributed by atoms with Crippen molar-refractivity contribution in [2.75, 3.05) is 11.5 Å². The van der Waals surface area contributed by atoms with E-state index in [1.165, 1.54) is 4.90 Å². The lowest BCUT2D eigenvalue weighted by Gasteiger charge is -2.30. The predicted octanol–water partition coefficient (Wildman–Crippen LogP) is 4.72. The fourth-order valence-electron chi connectivity index (χ4n) is 4.31. The van der Waals surface area contributed by atoms with Gasteiger partial charge in [-0.05, 0) is 99.9 Å². The number of benzene rings is 2. The van der Waals surface area contributed by atoms with Crippen molar-refractivity contribution in [3.05, 3.63) is 87.7 Å². The Hall–Kier alpha value is -4.04. The lowest BCUT2D eigenvalue weighted by Crippen LogP contribution is -2.54. The number of aromatic nitrogens is 1. The molecular formula is C28H27N3O4S. The Morgan fingerprint density at radius 2 is 1.81 bits per heavy atom. The van der Waals surface area contributed by atoms with Crippen LogP contribution in [0.4, 0.5) is 5.69 Å². The van der Waals surface area contributed by atoms with Gasteiger partial charge in [-0.2, -0.15) is 0 Å². The molecule has 1 fully saturated rings. The Morgan fingerprint density at radius 3 is 2.53 bits per heavy atom. The molecule has 1 aliphatic heterocycles. The zero-order valence-corrected chi connectivity index (χ0v) is 21.7. The van der Waals surface area contributed by atoms with E-state index in [1.807, 2.05) is 62.6 Å². The molecule has 2 amide bonds. The predicted molar refractivity (Wildman–Crippen MR) is 143 cm³/mol. The molecule has 0 unspecified atom stereocenters. The molecule has 1 saturated heterocycles. The number of anilines is 1. The summed E-state index contributed by atoms with van der Waals surface area (Å²) in [5.41, 5.74) is 6.09. The average Bonchev–Trinajstić information content (AvgIpc) is 3.11. The Morgan fingerprint density at radius 1 is 1.06 bits per heavy atom. The second kappa shape index (κ2) is 9.91. The van der Waals surface area contributed by atoms with Gasteiger partial charge in [-0.3, -0.25) is 19.8 Å². The number of carbonyl (C=O) groups excluding carboxylic acids is 3. The van der Waals surface area contributed by atoms with Crippen molar-refractivity contribution in [1.82, 2.24) is 9.88 Å². The number of rotatable bonds is 5. The van der Waals surface area contributed by atoms with Crippen LogP contribution in [-0.4, -0.2) is 34.1 Å². The quantitative estimate of drug-likeness (QED) is 0.237. The van der Waals surface area contributed by atoms with Gasteiger partial charge in [-0.1, -0.05) is 18.2 Å². The van der Waals surface area contributed by atoms with Gasteiger partial charge in [0.2, 0.25) is 0 Å². The van der Waals surface area contributed by atoms with Crippen LogP contribution in [0.25, 0.3) is 11.8 Å². The number of thiocarbonyl (C=S) groups is 1. The van der Waals surface area contributed by atoms with Crippen molar-refractivity contribution in [3.63, 3.8) is 0 Å². The number of hydrogen-bond acceptors (Lipinski definition) is 5. The molecule has 36 heavy (non-hydrogen) atoms. The molecule has 1 aromatic heterocycles. The first kappa shape index (κ1) is 25.1. The lowest BCUT2D eigenvalue weighted by atomic mass is 10.0. The zero-order chi connectivity index (χ0) is 26.1. The van der Waals surface area contributed by atoms with Crippen LogP contribution in [0.5, 0.6) is 0 Å². The fraction of sp³-hybridized carbons (Fsp3) is 0.214. The van der Waals surface area contributed by atoms with E-state index in [4.69, 9.17) is 17.0 Å². The molecule has 0 atom stereocenters. The minimum Gasteiger partial charge on any atom is -0.462 e. The third kappa shape index (κ3) is 4.59. The number of esters is 1. The molecule has 1 aliphatic rings. The van der Waals surface area contributed by atoms with Gasteiger partial charge >= 0.3 is 5.97 Å². The van der Waals surface area contributed by atoms with Crippen molar-refractivity contribution >= 4 is 46.9 Å². The van der Waals surface area contributed by atoms with Gasteiger partial charge in [-0.15, -0.1) is 0 Å². The van der Waals surface area contributed by atoms with Crippen LogP contribution in [0.15, 0.2) is 54.1 Å². The van der Waals surface area contributed by atoms with Crippen LogP contribution in [0.1, 0.15) is 45.4 Å². The summed E-state index contributed by atoms with van der Waals surface area (Å²) in [7, 11) is 0. The van der Waals surface area contributed by atoms with Crippen molar-refractivity contribution < 1.29 is 19.1 Å². The minimum atomic E-state index is -0.541. The highest BCUT2D eigenvalue weighted by molar-refractivity contribution is 7.80. The largest absolute Gasteiger partial charge is 0.462 e. The van der Waals surface area contributed by atoms with E-state index < -0.39 is 17.8 Å². The fourth-order valence-corrected chi connectivity index (χ4v) is 4.58. The Labute approximate surface area is 215 Å². The summed E-state index contributed by atoms with van der Waals surface area (Å²) in [5, 5.41) is 2.70. The molecule has 7 nitrogen and oxygen atoms in total. The van der Waals surface area contributed by atoms with Gasteiger partial charge in [0.1, 0.15) is 5.57 Å². The van der Waals surface area contributed by atoms with E-state index in [0.29, 0.717) is 23.4 Å². The lowest BCUT2D eigenvalue weighted by molar-refractivity contribution is -0.122. The smallest absolute Gasteiger partial charge is 0.338 e. The number of nitrogens with zero attached hydrogens (tertiary/aromatic N) is 2. The monoisotopic (exact) mass is 501 g/mol. The van der Waals surface area contributed by atoms with Gasteiger partial charge < -0.3 is 9.30 Å². The summed E-state index contributed by atoms with van der Waals surface area (Å²) in [4.78, 5) is 39.9. The summed E-state index contributed by atoms with van der Waals surface area (Å²) in [5.74, 6) is -1.41. The van der Waals surface area contributed by atoms with Gasteiger partial charge in [0.15, 0.2) is 5.11 Å². The minimum absolute atomic E-state index is 0.00923. The van der Waals surface area contributed by atoms with Crippen LogP contribution in [-0.2, 0) is 14.3 Å². The Bertz CT molecular complexity index is 1450. The second-order valence-electron chi connectivity index (χ2n) is 8.68. The standard InChI is InChI=1S/C28H27N3O4S/c1-6-35-27(34)20-8-7-9-22(14-20)30-18(4)13-21(19(30)5)15-23-25(32)29-28(36)31(26(23)33)24-12-16(2)10-11-17(24)3/h7-15H,6H2,1-5H3,(H,29,32,36)/b23-15+. The van der Waals surface area contributed by atoms with Crippen LogP contribution in [0, 0.1) is 27.7 Å². The van der Waals surface area contributed by atoms with Gasteiger partial charge in [0, 0.05) is 17.1 Å². The van der Waals surface area contributed by atoms with Crippen molar-refractivity contribution in [2.24, 2.45) is 0 Å². The summed E-state index contributed by atoms with van der Waals surface area (Å²) >= 11 is 5.35. The van der Waals surface area contributed by atoms with E-state index in [9.17, 15) is 14.4 Å². The van der Waals surface area contributed by atoms with Crippen molar-refractivity contribution in [1.29, 1.82) is 0 Å². The molecule has 0 radical (unpaired) electrons. The maximum absolute atomic E-state index is 13.5. The van der Waals surface area contributed by atoms with Gasteiger partial charge in [0.25, 0.3) is 11.8 Å². The van der Waals surface area contributed by atoms with Crippen LogP contribution < -0.4 is 10.2 Å². The molecule has 0 aliphatic carbocycles. The van der Waals surface area contributed by atoms with Crippen LogP contribution in [0.3, 0.4) is 0 Å². The third-order valence-electron chi connectivity index (χ3n) is 6.09. The average molecular weight is 502 g/mol. The first-order valence-corrected chi connectivity index (χ1v) is 12.0. The topological polar surface area (TPSA) is 80.6 Å². The Kier molecular flexibility index (Phi) is 6.90. The number of aryl methyl sites for hydroxylation is 3. The number of ether oxygens (including phenoxy) is 1. The first-order chi connectivity index (χ1) is 17.1. The molecule has 0 spiro atoms. The number of hydrogen-bond donors (Lipinski definition) is 1. The van der Waals surface area contributed by atoms with E-state index >= 15 is 0 Å². The molecule has 4 rings (SSSR count). The number of nitrogens with one attached hydrogen (secondary N) is 1. The third-order valence-corrected chi connectivity index (χ3v) is 6.38. The van der Waals surface area contributed by atoms with E-state index in [-0.39, 0.29) is 10.7 Å². The summed E-state index contributed by atoms with van der Waals surface area (Å²) in [6, 6.07) is 14.8. The molecule has 184 valence electrons. The van der Waals surface area contributed by atoms with Crippen molar-refractivity contribution in [2.45, 2.75) is 34.6 Å². The SMILES string of the molecule is CCOC(=O)c1cccc(-n2c(C)cc(/C=C3\C(=O)NC(=S)N(c4cc(C)ccc4C)C3=O)c2C)c1. The zero-order valence-electron chi connectivity index (χ0n) is 20.8. The second-order valence-corrected chi connectivity index (χ2v) is 9.07. The van der Waals surface area contributed by atoms with Gasteiger partial charge in [-0.25, -0.2) is 4.79 Å². The first-order valence-electron chi connectivity index (χ1n) is 11.6. The molecule has 2 aromatic carbocycles. The van der Waals surface area contributed by atoms with E-state index in [0.717, 1.165) is 28.2 Å². The molecule has 2 heterocycles. The van der Waals surface area contributed by atoms with Crippen LogP contribution in [0.2, 0.25) is 0 Å². The summed E-state index contributed by atoms with van der Waals surface area (Å²) in [6.45, 7) is 9.70. The summed E-state index contributed by atoms with van der Waals surface area (Å²) in [6.07, 6.45) is 1.59. The highest BCUT2D eigenvalue weighted by atomic mass is 32.1.